The van der Waals surface area contributed by atoms with E-state index in [0.717, 1.165) is 6.42 Å². The highest BCUT2D eigenvalue weighted by molar-refractivity contribution is 7.91. The van der Waals surface area contributed by atoms with E-state index >= 15 is 0 Å². The molecule has 110 valence electrons. The number of sulfonamides is 1. The first kappa shape index (κ1) is 15.2. The van der Waals surface area contributed by atoms with E-state index < -0.39 is 10.0 Å². The zero-order chi connectivity index (χ0) is 14.6. The Morgan fingerprint density at radius 1 is 1.60 bits per heavy atom. The van der Waals surface area contributed by atoms with E-state index in [0.29, 0.717) is 23.7 Å². The molecule has 1 aromatic heterocycles. The van der Waals surface area contributed by atoms with Crippen LogP contribution in [0.5, 0.6) is 0 Å². The van der Waals surface area contributed by atoms with E-state index in [-0.39, 0.29) is 18.4 Å². The molecule has 0 aromatic carbocycles. The molecular weight excluding hydrogens is 296 g/mol. The van der Waals surface area contributed by atoms with Gasteiger partial charge in [-0.05, 0) is 24.3 Å². The molecule has 0 saturated carbocycles. The Balaban J connectivity index is 2.07. The lowest BCUT2D eigenvalue weighted by molar-refractivity contribution is -0.125. The van der Waals surface area contributed by atoms with Crippen LogP contribution >= 0.6 is 11.3 Å². The average Bonchev–Trinajstić information content (AvgIpc) is 2.99. The minimum Gasteiger partial charge on any atom is -0.352 e. The highest BCUT2D eigenvalue weighted by atomic mass is 32.2. The van der Waals surface area contributed by atoms with E-state index in [1.54, 1.807) is 23.6 Å². The summed E-state index contributed by atoms with van der Waals surface area (Å²) in [5.41, 5.74) is 0. The SMILES string of the molecule is C=CCNC(=O)[C@@H]1CCCN(S(=O)(=O)c2cccs2)C1. The minimum absolute atomic E-state index is 0.101. The maximum absolute atomic E-state index is 12.4. The van der Waals surface area contributed by atoms with Crippen LogP contribution < -0.4 is 5.32 Å². The Hall–Kier alpha value is -1.18. The van der Waals surface area contributed by atoms with Crippen LogP contribution in [0.3, 0.4) is 0 Å². The Kier molecular flexibility index (Phi) is 4.95. The van der Waals surface area contributed by atoms with Gasteiger partial charge in [0, 0.05) is 19.6 Å². The Morgan fingerprint density at radius 2 is 2.40 bits per heavy atom. The third-order valence-electron chi connectivity index (χ3n) is 3.26. The molecule has 20 heavy (non-hydrogen) atoms. The van der Waals surface area contributed by atoms with Crippen molar-refractivity contribution in [2.75, 3.05) is 19.6 Å². The average molecular weight is 314 g/mol. The lowest BCUT2D eigenvalue weighted by atomic mass is 9.99. The van der Waals surface area contributed by atoms with Gasteiger partial charge in [0.2, 0.25) is 5.91 Å². The molecule has 1 atom stereocenters. The van der Waals surface area contributed by atoms with Crippen LogP contribution in [0.15, 0.2) is 34.4 Å². The summed E-state index contributed by atoms with van der Waals surface area (Å²) in [6.45, 7) is 4.69. The molecule has 0 unspecified atom stereocenters. The number of carbonyl (C=O) groups is 1. The summed E-state index contributed by atoms with van der Waals surface area (Å²) in [7, 11) is -3.45. The topological polar surface area (TPSA) is 66.5 Å². The van der Waals surface area contributed by atoms with Crippen molar-refractivity contribution in [2.45, 2.75) is 17.1 Å². The Labute approximate surface area is 123 Å². The fourth-order valence-corrected chi connectivity index (χ4v) is 4.90. The Bertz CT molecular complexity index is 566. The number of nitrogens with one attached hydrogen (secondary N) is 1. The van der Waals surface area contributed by atoms with Gasteiger partial charge in [0.1, 0.15) is 4.21 Å². The smallest absolute Gasteiger partial charge is 0.252 e. The van der Waals surface area contributed by atoms with Crippen molar-refractivity contribution in [3.05, 3.63) is 30.2 Å². The first-order valence-corrected chi connectivity index (χ1v) is 8.80. The van der Waals surface area contributed by atoms with Gasteiger partial charge < -0.3 is 5.32 Å². The molecule has 1 aliphatic rings. The lowest BCUT2D eigenvalue weighted by Gasteiger charge is -2.30. The normalized spacial score (nSPS) is 20.5. The number of piperidine rings is 1. The van der Waals surface area contributed by atoms with Crippen molar-refractivity contribution < 1.29 is 13.2 Å². The van der Waals surface area contributed by atoms with Crippen LogP contribution in [0.4, 0.5) is 0 Å². The quantitative estimate of drug-likeness (QED) is 0.837. The maximum atomic E-state index is 12.4. The van der Waals surface area contributed by atoms with E-state index in [2.05, 4.69) is 11.9 Å². The number of rotatable bonds is 5. The summed E-state index contributed by atoms with van der Waals surface area (Å²) in [6, 6.07) is 3.32. The number of carbonyl (C=O) groups excluding carboxylic acids is 1. The maximum Gasteiger partial charge on any atom is 0.252 e. The number of hydrogen-bond acceptors (Lipinski definition) is 4. The second-order valence-corrected chi connectivity index (χ2v) is 7.78. The second kappa shape index (κ2) is 6.51. The molecule has 5 nitrogen and oxygen atoms in total. The molecular formula is C13H18N2O3S2. The molecule has 1 aromatic rings. The molecule has 2 rings (SSSR count). The zero-order valence-corrected chi connectivity index (χ0v) is 12.8. The first-order valence-electron chi connectivity index (χ1n) is 6.48. The third kappa shape index (κ3) is 3.28. The number of hydrogen-bond donors (Lipinski definition) is 1. The van der Waals surface area contributed by atoms with Crippen molar-refractivity contribution in [3.8, 4) is 0 Å². The summed E-state index contributed by atoms with van der Waals surface area (Å²) in [5, 5.41) is 4.47. The van der Waals surface area contributed by atoms with E-state index in [9.17, 15) is 13.2 Å². The van der Waals surface area contributed by atoms with Gasteiger partial charge in [-0.25, -0.2) is 8.42 Å². The van der Waals surface area contributed by atoms with Gasteiger partial charge in [0.05, 0.1) is 5.92 Å². The molecule has 7 heteroatoms. The van der Waals surface area contributed by atoms with Crippen LogP contribution in [0.25, 0.3) is 0 Å². The van der Waals surface area contributed by atoms with Crippen molar-refractivity contribution in [1.82, 2.24) is 9.62 Å². The summed E-state index contributed by atoms with van der Waals surface area (Å²) in [6.07, 6.45) is 3.04. The van der Waals surface area contributed by atoms with Gasteiger partial charge >= 0.3 is 0 Å². The van der Waals surface area contributed by atoms with Gasteiger partial charge in [-0.15, -0.1) is 17.9 Å². The van der Waals surface area contributed by atoms with Crippen LogP contribution in [-0.4, -0.2) is 38.3 Å². The van der Waals surface area contributed by atoms with Crippen molar-refractivity contribution >= 4 is 27.3 Å². The van der Waals surface area contributed by atoms with Crippen molar-refractivity contribution in [2.24, 2.45) is 5.92 Å². The van der Waals surface area contributed by atoms with Crippen molar-refractivity contribution in [1.29, 1.82) is 0 Å². The molecule has 0 aliphatic carbocycles. The third-order valence-corrected chi connectivity index (χ3v) is 6.50. The highest BCUT2D eigenvalue weighted by Crippen LogP contribution is 2.26. The molecule has 1 fully saturated rings. The lowest BCUT2D eigenvalue weighted by Crippen LogP contribution is -2.45. The minimum atomic E-state index is -3.45. The van der Waals surface area contributed by atoms with Gasteiger partial charge in [-0.1, -0.05) is 12.1 Å². The van der Waals surface area contributed by atoms with Gasteiger partial charge in [0.25, 0.3) is 10.0 Å². The predicted octanol–water partition coefficient (Wildman–Crippen LogP) is 1.45. The van der Waals surface area contributed by atoms with Gasteiger partial charge in [-0.3, -0.25) is 4.79 Å². The molecule has 0 bridgehead atoms. The van der Waals surface area contributed by atoms with Crippen LogP contribution in [0.2, 0.25) is 0 Å². The van der Waals surface area contributed by atoms with Crippen LogP contribution in [0.1, 0.15) is 12.8 Å². The van der Waals surface area contributed by atoms with E-state index in [1.165, 1.54) is 15.6 Å². The monoisotopic (exact) mass is 314 g/mol. The highest BCUT2D eigenvalue weighted by Gasteiger charge is 2.33. The van der Waals surface area contributed by atoms with E-state index in [4.69, 9.17) is 0 Å². The van der Waals surface area contributed by atoms with Crippen molar-refractivity contribution in [3.63, 3.8) is 0 Å². The first-order chi connectivity index (χ1) is 9.55. The molecule has 0 spiro atoms. The number of amides is 1. The summed E-state index contributed by atoms with van der Waals surface area (Å²) in [4.78, 5) is 11.9. The summed E-state index contributed by atoms with van der Waals surface area (Å²) in [5.74, 6) is -0.380. The van der Waals surface area contributed by atoms with Gasteiger partial charge in [0.15, 0.2) is 0 Å². The number of nitrogens with zero attached hydrogens (tertiary/aromatic N) is 1. The fraction of sp³-hybridized carbons (Fsp3) is 0.462. The van der Waals surface area contributed by atoms with Crippen LogP contribution in [0, 0.1) is 5.92 Å². The largest absolute Gasteiger partial charge is 0.352 e. The molecule has 0 radical (unpaired) electrons. The van der Waals surface area contributed by atoms with Gasteiger partial charge in [-0.2, -0.15) is 4.31 Å². The zero-order valence-electron chi connectivity index (χ0n) is 11.1. The van der Waals surface area contributed by atoms with Crippen LogP contribution in [-0.2, 0) is 14.8 Å². The predicted molar refractivity (Wildman–Crippen MR) is 79.0 cm³/mol. The standard InChI is InChI=1S/C13H18N2O3S2/c1-2-7-14-13(16)11-5-3-8-15(10-11)20(17,18)12-6-4-9-19-12/h2,4,6,9,11H,1,3,5,7-8,10H2,(H,14,16)/t11-/m1/s1. The summed E-state index contributed by atoms with van der Waals surface area (Å²) >= 11 is 1.20. The Morgan fingerprint density at radius 3 is 3.05 bits per heavy atom. The fourth-order valence-electron chi connectivity index (χ4n) is 2.23. The van der Waals surface area contributed by atoms with E-state index in [1.807, 2.05) is 0 Å². The molecule has 1 saturated heterocycles. The second-order valence-electron chi connectivity index (χ2n) is 4.67. The summed E-state index contributed by atoms with van der Waals surface area (Å²) < 4.78 is 26.6. The number of thiophene rings is 1. The molecule has 1 N–H and O–H groups in total. The molecule has 1 amide bonds. The molecule has 2 heterocycles. The molecule has 1 aliphatic heterocycles.